The Bertz CT molecular complexity index is 440. The van der Waals surface area contributed by atoms with E-state index in [0.29, 0.717) is 5.69 Å². The predicted molar refractivity (Wildman–Crippen MR) is 60.9 cm³/mol. The fraction of sp³-hybridized carbons (Fsp3) is 0.455. The topological polar surface area (TPSA) is 63.2 Å². The van der Waals surface area contributed by atoms with E-state index in [2.05, 4.69) is 9.97 Å². The first-order valence-corrected chi connectivity index (χ1v) is 5.70. The van der Waals surface area contributed by atoms with Gasteiger partial charge in [0, 0.05) is 11.8 Å². The summed E-state index contributed by atoms with van der Waals surface area (Å²) in [6, 6.07) is 0. The summed E-state index contributed by atoms with van der Waals surface area (Å²) in [5, 5.41) is 0.287. The highest BCUT2D eigenvalue weighted by Crippen LogP contribution is 2.26. The molecule has 1 saturated heterocycles. The van der Waals surface area contributed by atoms with Crippen LogP contribution in [0.5, 0.6) is 0 Å². The molecule has 5 nitrogen and oxygen atoms in total. The summed E-state index contributed by atoms with van der Waals surface area (Å²) in [5.41, 5.74) is 0.553. The Balaban J connectivity index is 2.17. The Morgan fingerprint density at radius 1 is 1.18 bits per heavy atom. The summed E-state index contributed by atoms with van der Waals surface area (Å²) < 4.78 is 0. The van der Waals surface area contributed by atoms with Gasteiger partial charge in [0.2, 0.25) is 11.8 Å². The van der Waals surface area contributed by atoms with Crippen molar-refractivity contribution in [3.63, 3.8) is 0 Å². The summed E-state index contributed by atoms with van der Waals surface area (Å²) in [7, 11) is 0. The molecule has 0 spiro atoms. The average Bonchev–Trinajstić information content (AvgIpc) is 2.50. The number of halogens is 1. The van der Waals surface area contributed by atoms with E-state index in [1.165, 1.54) is 17.3 Å². The molecule has 0 bridgehead atoms. The van der Waals surface area contributed by atoms with Gasteiger partial charge in [-0.05, 0) is 0 Å². The zero-order valence-electron chi connectivity index (χ0n) is 9.55. The molecule has 1 aromatic heterocycles. The number of nitrogens with zero attached hydrogens (tertiary/aromatic N) is 3. The first-order valence-electron chi connectivity index (χ1n) is 5.32. The SMILES string of the molecule is CC1C(=O)N(Cc2cnc(Cl)cn2)C(=O)C1C. The number of carbonyl (C=O) groups is 2. The minimum atomic E-state index is -0.261. The number of rotatable bonds is 2. The normalized spacial score (nSPS) is 24.5. The lowest BCUT2D eigenvalue weighted by molar-refractivity contribution is -0.140. The van der Waals surface area contributed by atoms with Crippen molar-refractivity contribution in [1.82, 2.24) is 14.9 Å². The van der Waals surface area contributed by atoms with Gasteiger partial charge in [0.05, 0.1) is 24.6 Å². The number of imide groups is 1. The fourth-order valence-electron chi connectivity index (χ4n) is 1.77. The standard InChI is InChI=1S/C11H12ClN3O2/c1-6-7(2)11(17)15(10(6)16)5-8-3-14-9(12)4-13-8/h3-4,6-7H,5H2,1-2H3. The molecule has 1 aromatic rings. The van der Waals surface area contributed by atoms with Gasteiger partial charge in [-0.3, -0.25) is 19.5 Å². The molecule has 0 saturated carbocycles. The zero-order valence-corrected chi connectivity index (χ0v) is 10.3. The lowest BCUT2D eigenvalue weighted by atomic mass is 10.00. The van der Waals surface area contributed by atoms with Gasteiger partial charge in [-0.1, -0.05) is 25.4 Å². The van der Waals surface area contributed by atoms with Crippen LogP contribution in [0.4, 0.5) is 0 Å². The maximum absolute atomic E-state index is 11.8. The summed E-state index contributed by atoms with van der Waals surface area (Å²) in [5.74, 6) is -0.830. The van der Waals surface area contributed by atoms with Crippen LogP contribution >= 0.6 is 11.6 Å². The highest BCUT2D eigenvalue weighted by Gasteiger charge is 2.42. The zero-order chi connectivity index (χ0) is 12.6. The molecule has 2 amide bonds. The second-order valence-electron chi connectivity index (χ2n) is 4.17. The summed E-state index contributed by atoms with van der Waals surface area (Å²) in [6.07, 6.45) is 2.87. The maximum atomic E-state index is 11.8. The van der Waals surface area contributed by atoms with Crippen LogP contribution < -0.4 is 0 Å². The minimum absolute atomic E-state index is 0.153. The second-order valence-corrected chi connectivity index (χ2v) is 4.56. The first-order chi connectivity index (χ1) is 8.00. The van der Waals surface area contributed by atoms with Crippen LogP contribution in [0.3, 0.4) is 0 Å². The molecular weight excluding hydrogens is 242 g/mol. The van der Waals surface area contributed by atoms with Gasteiger partial charge in [-0.15, -0.1) is 0 Å². The molecule has 2 rings (SSSR count). The van der Waals surface area contributed by atoms with E-state index < -0.39 is 0 Å². The third-order valence-electron chi connectivity index (χ3n) is 3.06. The van der Waals surface area contributed by atoms with Gasteiger partial charge < -0.3 is 0 Å². The molecule has 1 aliphatic heterocycles. The summed E-state index contributed by atoms with van der Waals surface area (Å²) >= 11 is 5.61. The van der Waals surface area contributed by atoms with Crippen molar-refractivity contribution in [2.45, 2.75) is 20.4 Å². The number of amides is 2. The van der Waals surface area contributed by atoms with Gasteiger partial charge >= 0.3 is 0 Å². The number of likely N-dealkylation sites (tertiary alicyclic amines) is 1. The van der Waals surface area contributed by atoms with Gasteiger partial charge in [-0.2, -0.15) is 0 Å². The van der Waals surface area contributed by atoms with Crippen molar-refractivity contribution in [2.24, 2.45) is 11.8 Å². The van der Waals surface area contributed by atoms with E-state index in [-0.39, 0.29) is 35.3 Å². The molecular formula is C11H12ClN3O2. The lowest BCUT2D eigenvalue weighted by Crippen LogP contribution is -2.30. The molecule has 0 N–H and O–H groups in total. The third kappa shape index (κ3) is 2.15. The fourth-order valence-corrected chi connectivity index (χ4v) is 1.86. The second kappa shape index (κ2) is 4.41. The van der Waals surface area contributed by atoms with E-state index in [9.17, 15) is 9.59 Å². The van der Waals surface area contributed by atoms with E-state index >= 15 is 0 Å². The molecule has 90 valence electrons. The number of carbonyl (C=O) groups excluding carboxylic acids is 2. The van der Waals surface area contributed by atoms with Crippen LogP contribution in [0.25, 0.3) is 0 Å². The van der Waals surface area contributed by atoms with E-state index in [1.54, 1.807) is 13.8 Å². The van der Waals surface area contributed by atoms with E-state index in [1.807, 2.05) is 0 Å². The first kappa shape index (κ1) is 12.0. The largest absolute Gasteiger partial charge is 0.276 e. The van der Waals surface area contributed by atoms with Crippen LogP contribution in [0.1, 0.15) is 19.5 Å². The van der Waals surface area contributed by atoms with E-state index in [0.717, 1.165) is 0 Å². The van der Waals surface area contributed by atoms with Gasteiger partial charge in [0.1, 0.15) is 5.15 Å². The minimum Gasteiger partial charge on any atom is -0.276 e. The summed E-state index contributed by atoms with van der Waals surface area (Å²) in [6.45, 7) is 3.69. The smallest absolute Gasteiger partial charge is 0.233 e. The molecule has 2 atom stereocenters. The van der Waals surface area contributed by atoms with Crippen LogP contribution in [-0.2, 0) is 16.1 Å². The summed E-state index contributed by atoms with van der Waals surface area (Å²) in [4.78, 5) is 32.8. The van der Waals surface area contributed by atoms with Crippen molar-refractivity contribution in [3.05, 3.63) is 23.2 Å². The Kier molecular flexibility index (Phi) is 3.11. The molecule has 6 heteroatoms. The Morgan fingerprint density at radius 2 is 1.76 bits per heavy atom. The molecule has 1 fully saturated rings. The monoisotopic (exact) mass is 253 g/mol. The molecule has 2 heterocycles. The highest BCUT2D eigenvalue weighted by atomic mass is 35.5. The van der Waals surface area contributed by atoms with Gasteiger partial charge in [-0.25, -0.2) is 4.98 Å². The van der Waals surface area contributed by atoms with Crippen molar-refractivity contribution in [2.75, 3.05) is 0 Å². The average molecular weight is 254 g/mol. The molecule has 1 aliphatic rings. The molecule has 0 aliphatic carbocycles. The molecule has 2 unspecified atom stereocenters. The highest BCUT2D eigenvalue weighted by molar-refractivity contribution is 6.29. The van der Waals surface area contributed by atoms with Crippen molar-refractivity contribution < 1.29 is 9.59 Å². The Labute approximate surface area is 104 Å². The van der Waals surface area contributed by atoms with Crippen LogP contribution in [0, 0.1) is 11.8 Å². The Hall–Kier alpha value is -1.49. The van der Waals surface area contributed by atoms with Crippen LogP contribution in [-0.4, -0.2) is 26.7 Å². The number of aromatic nitrogens is 2. The maximum Gasteiger partial charge on any atom is 0.233 e. The van der Waals surface area contributed by atoms with Crippen molar-refractivity contribution in [1.29, 1.82) is 0 Å². The molecule has 0 radical (unpaired) electrons. The number of hydrogen-bond donors (Lipinski definition) is 0. The van der Waals surface area contributed by atoms with Crippen LogP contribution in [0.15, 0.2) is 12.4 Å². The van der Waals surface area contributed by atoms with Crippen LogP contribution in [0.2, 0.25) is 5.15 Å². The quantitative estimate of drug-likeness (QED) is 0.745. The lowest BCUT2D eigenvalue weighted by Gasteiger charge is -2.13. The number of hydrogen-bond acceptors (Lipinski definition) is 4. The van der Waals surface area contributed by atoms with Crippen molar-refractivity contribution in [3.8, 4) is 0 Å². The molecule has 17 heavy (non-hydrogen) atoms. The molecule has 0 aromatic carbocycles. The Morgan fingerprint density at radius 3 is 2.24 bits per heavy atom. The van der Waals surface area contributed by atoms with Gasteiger partial charge in [0.25, 0.3) is 0 Å². The van der Waals surface area contributed by atoms with E-state index in [4.69, 9.17) is 11.6 Å². The van der Waals surface area contributed by atoms with Gasteiger partial charge in [0.15, 0.2) is 0 Å². The predicted octanol–water partition coefficient (Wildman–Crippen LogP) is 1.27. The van der Waals surface area contributed by atoms with Crippen molar-refractivity contribution >= 4 is 23.4 Å². The third-order valence-corrected chi connectivity index (χ3v) is 3.25.